The lowest BCUT2D eigenvalue weighted by molar-refractivity contribution is 0.110. The van der Waals surface area contributed by atoms with Gasteiger partial charge in [-0.05, 0) is 37.2 Å². The smallest absolute Gasteiger partial charge is 0.0454 e. The summed E-state index contributed by atoms with van der Waals surface area (Å²) in [4.78, 5) is 2.47. The van der Waals surface area contributed by atoms with Crippen molar-refractivity contribution in [3.05, 3.63) is 33.8 Å². The maximum absolute atomic E-state index is 6.26. The van der Waals surface area contributed by atoms with Gasteiger partial charge in [-0.15, -0.1) is 0 Å². The van der Waals surface area contributed by atoms with Gasteiger partial charge in [-0.3, -0.25) is 4.90 Å². The lowest BCUT2D eigenvalue weighted by atomic mass is 10.0. The van der Waals surface area contributed by atoms with E-state index in [0.717, 1.165) is 35.2 Å². The summed E-state index contributed by atoms with van der Waals surface area (Å²) in [6.07, 6.45) is 0. The van der Waals surface area contributed by atoms with E-state index in [-0.39, 0.29) is 0 Å². The largest absolute Gasteiger partial charge is 0.314 e. The molecule has 2 rings (SSSR count). The first-order chi connectivity index (χ1) is 8.13. The minimum atomic E-state index is 0.304. The molecule has 2 nitrogen and oxygen atoms in total. The van der Waals surface area contributed by atoms with E-state index in [4.69, 9.17) is 23.2 Å². The van der Waals surface area contributed by atoms with Crippen molar-refractivity contribution in [2.75, 3.05) is 19.6 Å². The highest BCUT2D eigenvalue weighted by Gasteiger charge is 2.28. The molecule has 1 heterocycles. The van der Waals surface area contributed by atoms with E-state index in [1.165, 1.54) is 0 Å². The highest BCUT2D eigenvalue weighted by atomic mass is 35.5. The summed E-state index contributed by atoms with van der Waals surface area (Å²) in [6.45, 7) is 7.54. The summed E-state index contributed by atoms with van der Waals surface area (Å²) < 4.78 is 0. The van der Waals surface area contributed by atoms with E-state index in [1.54, 1.807) is 0 Å². The second kappa shape index (κ2) is 5.57. The summed E-state index contributed by atoms with van der Waals surface area (Å²) in [6, 6.07) is 6.61. The zero-order valence-electron chi connectivity index (χ0n) is 10.2. The molecule has 0 spiro atoms. The van der Waals surface area contributed by atoms with E-state index in [9.17, 15) is 0 Å². The van der Waals surface area contributed by atoms with E-state index in [0.29, 0.717) is 12.1 Å². The van der Waals surface area contributed by atoms with Gasteiger partial charge in [-0.1, -0.05) is 30.1 Å². The lowest BCUT2D eigenvalue weighted by Gasteiger charge is -2.41. The Labute approximate surface area is 113 Å². The maximum Gasteiger partial charge on any atom is 0.0454 e. The molecule has 1 atom stereocenters. The standard InChI is InChI=1S/C13H18Cl2N2/c1-3-17(11-7-16-8-11)9(2)12-6-10(14)4-5-13(12)15/h4-6,9,11,16H,3,7-8H2,1-2H3. The molecule has 0 aliphatic carbocycles. The van der Waals surface area contributed by atoms with Crippen LogP contribution in [0.2, 0.25) is 10.0 Å². The summed E-state index contributed by atoms with van der Waals surface area (Å²) in [5.74, 6) is 0. The first-order valence-corrected chi connectivity index (χ1v) is 6.80. The third kappa shape index (κ3) is 2.76. The highest BCUT2D eigenvalue weighted by Crippen LogP contribution is 2.31. The molecular weight excluding hydrogens is 255 g/mol. The van der Waals surface area contributed by atoms with Crippen molar-refractivity contribution in [2.45, 2.75) is 25.9 Å². The third-order valence-electron chi connectivity index (χ3n) is 3.50. The molecule has 94 valence electrons. The van der Waals surface area contributed by atoms with Gasteiger partial charge in [0.1, 0.15) is 0 Å². The zero-order chi connectivity index (χ0) is 12.4. The highest BCUT2D eigenvalue weighted by molar-refractivity contribution is 6.33. The average molecular weight is 273 g/mol. The van der Waals surface area contributed by atoms with Gasteiger partial charge in [0.2, 0.25) is 0 Å². The Balaban J connectivity index is 2.21. The van der Waals surface area contributed by atoms with Crippen LogP contribution in [-0.4, -0.2) is 30.6 Å². The molecule has 1 aliphatic rings. The van der Waals surface area contributed by atoms with Crippen molar-refractivity contribution >= 4 is 23.2 Å². The van der Waals surface area contributed by atoms with Crippen LogP contribution in [0.3, 0.4) is 0 Å². The number of nitrogens with one attached hydrogen (secondary N) is 1. The maximum atomic E-state index is 6.26. The lowest BCUT2D eigenvalue weighted by Crippen LogP contribution is -2.57. The predicted octanol–water partition coefficient (Wildman–Crippen LogP) is 3.35. The average Bonchev–Trinajstić information content (AvgIpc) is 2.25. The number of likely N-dealkylation sites (N-methyl/N-ethyl adjacent to an activating group) is 1. The third-order valence-corrected chi connectivity index (χ3v) is 4.08. The Kier molecular flexibility index (Phi) is 4.31. The van der Waals surface area contributed by atoms with E-state index in [2.05, 4.69) is 24.1 Å². The molecule has 1 aromatic carbocycles. The number of rotatable bonds is 4. The Hall–Kier alpha value is -0.280. The van der Waals surface area contributed by atoms with Crippen molar-refractivity contribution < 1.29 is 0 Å². The van der Waals surface area contributed by atoms with E-state index < -0.39 is 0 Å². The van der Waals surface area contributed by atoms with Gasteiger partial charge < -0.3 is 5.32 Å². The summed E-state index contributed by atoms with van der Waals surface area (Å²) >= 11 is 12.3. The fourth-order valence-electron chi connectivity index (χ4n) is 2.37. The molecule has 4 heteroatoms. The Morgan fingerprint density at radius 3 is 2.65 bits per heavy atom. The summed E-state index contributed by atoms with van der Waals surface area (Å²) in [5.41, 5.74) is 1.12. The molecule has 1 fully saturated rings. The van der Waals surface area contributed by atoms with Crippen molar-refractivity contribution in [2.24, 2.45) is 0 Å². The zero-order valence-corrected chi connectivity index (χ0v) is 11.7. The number of nitrogens with zero attached hydrogens (tertiary/aromatic N) is 1. The van der Waals surface area contributed by atoms with Crippen molar-refractivity contribution in [3.8, 4) is 0 Å². The predicted molar refractivity (Wildman–Crippen MR) is 73.9 cm³/mol. The molecule has 0 radical (unpaired) electrons. The molecule has 1 saturated heterocycles. The Morgan fingerprint density at radius 1 is 1.41 bits per heavy atom. The molecule has 0 aromatic heterocycles. The van der Waals surface area contributed by atoms with Gasteiger partial charge in [0, 0.05) is 35.2 Å². The molecule has 1 aromatic rings. The minimum absolute atomic E-state index is 0.304. The van der Waals surface area contributed by atoms with Crippen LogP contribution in [0.5, 0.6) is 0 Å². The van der Waals surface area contributed by atoms with Gasteiger partial charge in [-0.2, -0.15) is 0 Å². The van der Waals surface area contributed by atoms with Crippen LogP contribution in [0, 0.1) is 0 Å². The van der Waals surface area contributed by atoms with Crippen LogP contribution in [0.15, 0.2) is 18.2 Å². The minimum Gasteiger partial charge on any atom is -0.314 e. The van der Waals surface area contributed by atoms with Gasteiger partial charge in [0.25, 0.3) is 0 Å². The SMILES string of the molecule is CCN(C1CNC1)C(C)c1cc(Cl)ccc1Cl. The molecule has 1 N–H and O–H groups in total. The van der Waals surface area contributed by atoms with Crippen molar-refractivity contribution in [1.82, 2.24) is 10.2 Å². The van der Waals surface area contributed by atoms with Crippen LogP contribution in [0.1, 0.15) is 25.5 Å². The number of benzene rings is 1. The van der Waals surface area contributed by atoms with Crippen LogP contribution >= 0.6 is 23.2 Å². The normalized spacial score (nSPS) is 18.2. The first-order valence-electron chi connectivity index (χ1n) is 6.05. The van der Waals surface area contributed by atoms with E-state index in [1.807, 2.05) is 18.2 Å². The van der Waals surface area contributed by atoms with Gasteiger partial charge >= 0.3 is 0 Å². The molecule has 0 saturated carbocycles. The second-order valence-corrected chi connectivity index (χ2v) is 5.33. The molecule has 0 amide bonds. The van der Waals surface area contributed by atoms with Crippen LogP contribution in [0.4, 0.5) is 0 Å². The summed E-state index contributed by atoms with van der Waals surface area (Å²) in [5, 5.41) is 4.86. The second-order valence-electron chi connectivity index (χ2n) is 4.48. The van der Waals surface area contributed by atoms with Crippen molar-refractivity contribution in [1.29, 1.82) is 0 Å². The van der Waals surface area contributed by atoms with Crippen LogP contribution in [-0.2, 0) is 0 Å². The molecule has 1 unspecified atom stereocenters. The Bertz CT molecular complexity index is 391. The first kappa shape index (κ1) is 13.2. The number of hydrogen-bond donors (Lipinski definition) is 1. The fraction of sp³-hybridized carbons (Fsp3) is 0.538. The Morgan fingerprint density at radius 2 is 2.12 bits per heavy atom. The van der Waals surface area contributed by atoms with Crippen LogP contribution in [0.25, 0.3) is 0 Å². The summed E-state index contributed by atoms with van der Waals surface area (Å²) in [7, 11) is 0. The van der Waals surface area contributed by atoms with Gasteiger partial charge in [0.15, 0.2) is 0 Å². The molecular formula is C13H18Cl2N2. The topological polar surface area (TPSA) is 15.3 Å². The quantitative estimate of drug-likeness (QED) is 0.905. The molecule has 1 aliphatic heterocycles. The van der Waals surface area contributed by atoms with Crippen LogP contribution < -0.4 is 5.32 Å². The number of halogens is 2. The molecule has 17 heavy (non-hydrogen) atoms. The fourth-order valence-corrected chi connectivity index (χ4v) is 2.83. The number of hydrogen-bond acceptors (Lipinski definition) is 2. The van der Waals surface area contributed by atoms with Crippen molar-refractivity contribution in [3.63, 3.8) is 0 Å². The van der Waals surface area contributed by atoms with Gasteiger partial charge in [0.05, 0.1) is 0 Å². The van der Waals surface area contributed by atoms with Gasteiger partial charge in [-0.25, -0.2) is 0 Å². The monoisotopic (exact) mass is 272 g/mol. The molecule has 0 bridgehead atoms. The van der Waals surface area contributed by atoms with E-state index >= 15 is 0 Å².